The lowest BCUT2D eigenvalue weighted by atomic mass is 9.73. The van der Waals surface area contributed by atoms with Gasteiger partial charge in [0, 0.05) is 64.8 Å². The zero-order chi connectivity index (χ0) is 20.4. The number of morpholine rings is 2. The van der Waals surface area contributed by atoms with Crippen LogP contribution in [0.4, 0.5) is 0 Å². The second-order valence-electron chi connectivity index (χ2n) is 9.27. The van der Waals surface area contributed by atoms with Crippen LogP contribution >= 0.6 is 24.0 Å². The zero-order valence-electron chi connectivity index (χ0n) is 19.2. The predicted octanol–water partition coefficient (Wildman–Crippen LogP) is 2.02. The Kier molecular flexibility index (Phi) is 12.2. The van der Waals surface area contributed by atoms with Crippen LogP contribution in [-0.2, 0) is 9.47 Å². The molecule has 2 heterocycles. The summed E-state index contributed by atoms with van der Waals surface area (Å²) in [5.41, 5.74) is 0.368. The van der Waals surface area contributed by atoms with Gasteiger partial charge < -0.3 is 20.1 Å². The van der Waals surface area contributed by atoms with E-state index in [1.807, 2.05) is 7.05 Å². The maximum absolute atomic E-state index is 5.55. The fourth-order valence-electron chi connectivity index (χ4n) is 4.98. The molecule has 0 aromatic heterocycles. The van der Waals surface area contributed by atoms with Gasteiger partial charge in [-0.25, -0.2) is 0 Å². The second-order valence-corrected chi connectivity index (χ2v) is 9.27. The molecule has 30 heavy (non-hydrogen) atoms. The smallest absolute Gasteiger partial charge is 0.191 e. The van der Waals surface area contributed by atoms with Crippen LogP contribution in [-0.4, -0.2) is 102 Å². The third kappa shape index (κ3) is 8.76. The summed E-state index contributed by atoms with van der Waals surface area (Å²) in [5.74, 6) is 1.54. The molecule has 1 aliphatic carbocycles. The third-order valence-corrected chi connectivity index (χ3v) is 6.72. The lowest BCUT2D eigenvalue weighted by Gasteiger charge is -2.42. The van der Waals surface area contributed by atoms with E-state index < -0.39 is 0 Å². The SMILES string of the molecule is CN=C(NCC(C)CN1CCOCC1)NCC1(CN2CCOCC2)CCCCC1.I. The number of rotatable bonds is 8. The Balaban J connectivity index is 0.00000320. The molecular formula is C22H44IN5O2. The topological polar surface area (TPSA) is 61.4 Å². The summed E-state index contributed by atoms with van der Waals surface area (Å²) in [5, 5.41) is 7.24. The summed E-state index contributed by atoms with van der Waals surface area (Å²) < 4.78 is 11.0. The van der Waals surface area contributed by atoms with Crippen molar-refractivity contribution >= 4 is 29.9 Å². The first-order valence-corrected chi connectivity index (χ1v) is 11.7. The normalized spacial score (nSPS) is 24.7. The summed E-state index contributed by atoms with van der Waals surface area (Å²) >= 11 is 0. The van der Waals surface area contributed by atoms with Gasteiger partial charge in [0.2, 0.25) is 0 Å². The molecule has 8 heteroatoms. The molecule has 2 aliphatic heterocycles. The lowest BCUT2D eigenvalue weighted by molar-refractivity contribution is 0.00820. The lowest BCUT2D eigenvalue weighted by Crippen LogP contribution is -2.51. The summed E-state index contributed by atoms with van der Waals surface area (Å²) in [6.07, 6.45) is 6.74. The standard InChI is InChI=1S/C22H43N5O2.HI/c1-20(17-26-8-12-28-13-9-26)16-24-21(23-2)25-18-22(6-4-3-5-7-22)19-27-10-14-29-15-11-27;/h20H,3-19H2,1-2H3,(H2,23,24,25);1H. The van der Waals surface area contributed by atoms with Crippen LogP contribution < -0.4 is 10.6 Å². The minimum absolute atomic E-state index is 0. The number of nitrogens with zero attached hydrogens (tertiary/aromatic N) is 3. The highest BCUT2D eigenvalue weighted by Crippen LogP contribution is 2.36. The molecule has 2 saturated heterocycles. The molecule has 176 valence electrons. The van der Waals surface area contributed by atoms with Crippen LogP contribution in [0.2, 0.25) is 0 Å². The van der Waals surface area contributed by atoms with Crippen molar-refractivity contribution in [2.75, 3.05) is 85.8 Å². The Morgan fingerprint density at radius 1 is 0.933 bits per heavy atom. The van der Waals surface area contributed by atoms with Gasteiger partial charge in [-0.05, 0) is 18.8 Å². The van der Waals surface area contributed by atoms with Gasteiger partial charge in [0.05, 0.1) is 26.4 Å². The molecule has 0 aromatic carbocycles. The van der Waals surface area contributed by atoms with Gasteiger partial charge in [0.1, 0.15) is 0 Å². The largest absolute Gasteiger partial charge is 0.379 e. The molecule has 0 amide bonds. The van der Waals surface area contributed by atoms with Crippen molar-refractivity contribution in [1.29, 1.82) is 0 Å². The minimum Gasteiger partial charge on any atom is -0.379 e. The number of halogens is 1. The number of guanidine groups is 1. The molecular weight excluding hydrogens is 493 g/mol. The van der Waals surface area contributed by atoms with Gasteiger partial charge in [0.15, 0.2) is 5.96 Å². The molecule has 2 N–H and O–H groups in total. The van der Waals surface area contributed by atoms with Crippen molar-refractivity contribution in [3.05, 3.63) is 0 Å². The fraction of sp³-hybridized carbons (Fsp3) is 0.955. The van der Waals surface area contributed by atoms with Gasteiger partial charge in [0.25, 0.3) is 0 Å². The van der Waals surface area contributed by atoms with Crippen LogP contribution in [0.25, 0.3) is 0 Å². The Bertz CT molecular complexity index is 490. The fourth-order valence-corrected chi connectivity index (χ4v) is 4.98. The van der Waals surface area contributed by atoms with Crippen LogP contribution in [0.5, 0.6) is 0 Å². The first kappa shape index (κ1) is 26.1. The zero-order valence-corrected chi connectivity index (χ0v) is 21.5. The van der Waals surface area contributed by atoms with E-state index in [-0.39, 0.29) is 24.0 Å². The van der Waals surface area contributed by atoms with Crippen LogP contribution in [0, 0.1) is 11.3 Å². The van der Waals surface area contributed by atoms with E-state index in [1.54, 1.807) is 0 Å². The molecule has 1 saturated carbocycles. The number of hydrogen-bond acceptors (Lipinski definition) is 5. The Morgan fingerprint density at radius 3 is 2.13 bits per heavy atom. The first-order chi connectivity index (χ1) is 14.2. The van der Waals surface area contributed by atoms with Gasteiger partial charge in [-0.3, -0.25) is 14.8 Å². The van der Waals surface area contributed by atoms with Gasteiger partial charge in [-0.15, -0.1) is 24.0 Å². The molecule has 3 fully saturated rings. The van der Waals surface area contributed by atoms with Crippen molar-refractivity contribution in [3.63, 3.8) is 0 Å². The number of aliphatic imine (C=N–C) groups is 1. The van der Waals surface area contributed by atoms with Gasteiger partial charge in [-0.2, -0.15) is 0 Å². The number of hydrogen-bond donors (Lipinski definition) is 2. The van der Waals surface area contributed by atoms with E-state index in [9.17, 15) is 0 Å². The Morgan fingerprint density at radius 2 is 1.53 bits per heavy atom. The van der Waals surface area contributed by atoms with E-state index in [1.165, 1.54) is 38.6 Å². The van der Waals surface area contributed by atoms with Crippen molar-refractivity contribution < 1.29 is 9.47 Å². The number of nitrogens with one attached hydrogen (secondary N) is 2. The average molecular weight is 538 g/mol. The van der Waals surface area contributed by atoms with E-state index in [0.29, 0.717) is 11.3 Å². The monoisotopic (exact) mass is 537 g/mol. The molecule has 0 aromatic rings. The summed E-state index contributed by atoms with van der Waals surface area (Å²) in [4.78, 5) is 9.61. The van der Waals surface area contributed by atoms with Gasteiger partial charge in [-0.1, -0.05) is 26.2 Å². The van der Waals surface area contributed by atoms with Crippen LogP contribution in [0.3, 0.4) is 0 Å². The molecule has 0 spiro atoms. The summed E-state index contributed by atoms with van der Waals surface area (Å²) in [6, 6.07) is 0. The average Bonchev–Trinajstić information content (AvgIpc) is 2.76. The van der Waals surface area contributed by atoms with Crippen molar-refractivity contribution in [2.24, 2.45) is 16.3 Å². The van der Waals surface area contributed by atoms with Crippen LogP contribution in [0.15, 0.2) is 4.99 Å². The highest BCUT2D eigenvalue weighted by atomic mass is 127. The number of ether oxygens (including phenoxy) is 2. The molecule has 3 aliphatic rings. The predicted molar refractivity (Wildman–Crippen MR) is 134 cm³/mol. The molecule has 7 nitrogen and oxygen atoms in total. The highest BCUT2D eigenvalue weighted by molar-refractivity contribution is 14.0. The van der Waals surface area contributed by atoms with E-state index >= 15 is 0 Å². The van der Waals surface area contributed by atoms with E-state index in [2.05, 4.69) is 32.3 Å². The summed E-state index contributed by atoms with van der Waals surface area (Å²) in [6.45, 7) is 14.4. The van der Waals surface area contributed by atoms with Gasteiger partial charge >= 0.3 is 0 Å². The minimum atomic E-state index is 0. The maximum atomic E-state index is 5.55. The van der Waals surface area contributed by atoms with Crippen molar-refractivity contribution in [2.45, 2.75) is 39.0 Å². The molecule has 1 unspecified atom stereocenters. The van der Waals surface area contributed by atoms with Crippen LogP contribution in [0.1, 0.15) is 39.0 Å². The second kappa shape index (κ2) is 14.1. The van der Waals surface area contributed by atoms with E-state index in [4.69, 9.17) is 9.47 Å². The Labute approximate surface area is 200 Å². The van der Waals surface area contributed by atoms with Crippen molar-refractivity contribution in [1.82, 2.24) is 20.4 Å². The van der Waals surface area contributed by atoms with E-state index in [0.717, 1.165) is 78.2 Å². The quantitative estimate of drug-likeness (QED) is 0.281. The highest BCUT2D eigenvalue weighted by Gasteiger charge is 2.34. The summed E-state index contributed by atoms with van der Waals surface area (Å²) in [7, 11) is 1.89. The molecule has 0 bridgehead atoms. The first-order valence-electron chi connectivity index (χ1n) is 11.7. The maximum Gasteiger partial charge on any atom is 0.191 e. The van der Waals surface area contributed by atoms with Crippen molar-refractivity contribution in [3.8, 4) is 0 Å². The molecule has 1 atom stereocenters. The third-order valence-electron chi connectivity index (χ3n) is 6.72. The molecule has 3 rings (SSSR count). The Hall–Kier alpha value is -0.160. The molecule has 0 radical (unpaired) electrons.